The van der Waals surface area contributed by atoms with Crippen molar-refractivity contribution >= 4 is 11.8 Å². The van der Waals surface area contributed by atoms with Crippen molar-refractivity contribution in [3.63, 3.8) is 0 Å². The molecule has 1 aliphatic heterocycles. The third-order valence-electron chi connectivity index (χ3n) is 4.48. The van der Waals surface area contributed by atoms with E-state index >= 15 is 0 Å². The minimum absolute atomic E-state index is 0. The molecule has 154 valence electrons. The van der Waals surface area contributed by atoms with Gasteiger partial charge in [0.25, 0.3) is 0 Å². The Morgan fingerprint density at radius 3 is 2.62 bits per heavy atom. The quantitative estimate of drug-likeness (QED) is 0.701. The fraction of sp³-hybridized carbons (Fsp3) is 0.333. The Kier molecular flexibility index (Phi) is 7.56. The van der Waals surface area contributed by atoms with Crippen LogP contribution in [0.2, 0.25) is 0 Å². The van der Waals surface area contributed by atoms with Gasteiger partial charge >= 0.3 is 6.03 Å². The van der Waals surface area contributed by atoms with Crippen LogP contribution in [0.3, 0.4) is 0 Å². The summed E-state index contributed by atoms with van der Waals surface area (Å²) in [5, 5.41) is 13.0. The van der Waals surface area contributed by atoms with Gasteiger partial charge in [0.2, 0.25) is 5.89 Å². The van der Waals surface area contributed by atoms with Gasteiger partial charge in [0.15, 0.2) is 11.6 Å². The number of carbonyl (C=O) groups excluding carboxylic acids is 1. The first-order chi connectivity index (χ1) is 14.3. The molecule has 2 aromatic heterocycles. The number of urea groups is 1. The largest absolute Gasteiger partial charge is 0.439 e. The van der Waals surface area contributed by atoms with Crippen LogP contribution < -0.4 is 15.5 Å². The number of nitrogens with one attached hydrogen (secondary N) is 2. The molecule has 8 nitrogen and oxygen atoms in total. The fourth-order valence-corrected chi connectivity index (χ4v) is 2.96. The number of carbonyl (C=O) groups is 1. The van der Waals surface area contributed by atoms with E-state index in [1.165, 1.54) is 19.3 Å². The second kappa shape index (κ2) is 10.8. The van der Waals surface area contributed by atoms with Gasteiger partial charge in [0, 0.05) is 33.3 Å². The summed E-state index contributed by atoms with van der Waals surface area (Å²) >= 11 is 0. The van der Waals surface area contributed by atoms with Crippen molar-refractivity contribution < 1.29 is 10.6 Å². The molecule has 2 N–H and O–H groups in total. The van der Waals surface area contributed by atoms with Crippen LogP contribution in [-0.2, 0) is 6.54 Å². The first kappa shape index (κ1) is 20.3. The summed E-state index contributed by atoms with van der Waals surface area (Å²) < 4.78 is 5.51. The first-order valence-corrected chi connectivity index (χ1v) is 9.74. The molecule has 29 heavy (non-hydrogen) atoms. The average molecular weight is 396 g/mol. The summed E-state index contributed by atoms with van der Waals surface area (Å²) in [6.45, 7) is 2.55. The molecule has 0 saturated carbocycles. The summed E-state index contributed by atoms with van der Waals surface area (Å²) in [6, 6.07) is 13.4. The second-order valence-electron chi connectivity index (χ2n) is 6.55. The third kappa shape index (κ3) is 6.31. The van der Waals surface area contributed by atoms with Crippen molar-refractivity contribution in [1.82, 2.24) is 25.8 Å². The van der Waals surface area contributed by atoms with Gasteiger partial charge in [-0.3, -0.25) is 0 Å². The van der Waals surface area contributed by atoms with Gasteiger partial charge in [0.1, 0.15) is 0 Å². The zero-order chi connectivity index (χ0) is 20.3. The summed E-state index contributed by atoms with van der Waals surface area (Å²) in [5.74, 6) is 2.20. The van der Waals surface area contributed by atoms with Crippen molar-refractivity contribution in [1.29, 1.82) is 0 Å². The Hall–Kier alpha value is -3.42. The zero-order valence-electron chi connectivity index (χ0n) is 16.5. The minimum Gasteiger partial charge on any atom is -0.439 e. The van der Waals surface area contributed by atoms with Crippen molar-refractivity contribution in [3.05, 3.63) is 60.7 Å². The maximum Gasteiger partial charge on any atom is 0.314 e. The fourth-order valence-electron chi connectivity index (χ4n) is 2.96. The molecule has 1 saturated heterocycles. The standard InChI is InChI=1S/C12H13N3O2.C9H13N3.H2/c1-13-12(16)15-8-11-14-7-10(17-11)9-5-3-2-4-6-9;1-2-7-12(8-3-1)9-5-4-6-10-11-9;/h2-7H,8H2,1H3,(H2,13,15,16);4-6H,1-3,7-8H2;1H. The van der Waals surface area contributed by atoms with E-state index in [0.717, 1.165) is 24.5 Å². The predicted molar refractivity (Wildman–Crippen MR) is 113 cm³/mol. The lowest BCUT2D eigenvalue weighted by Gasteiger charge is -2.26. The third-order valence-corrected chi connectivity index (χ3v) is 4.48. The van der Waals surface area contributed by atoms with Crippen LogP contribution in [0.1, 0.15) is 26.6 Å². The Morgan fingerprint density at radius 2 is 1.93 bits per heavy atom. The predicted octanol–water partition coefficient (Wildman–Crippen LogP) is 3.48. The number of nitrogens with zero attached hydrogens (tertiary/aromatic N) is 4. The monoisotopic (exact) mass is 396 g/mol. The molecule has 0 bridgehead atoms. The number of piperidine rings is 1. The lowest BCUT2D eigenvalue weighted by molar-refractivity contribution is 0.241. The molecule has 4 rings (SSSR count). The number of hydrogen-bond donors (Lipinski definition) is 2. The van der Waals surface area contributed by atoms with Crippen LogP contribution in [0, 0.1) is 0 Å². The molecule has 1 fully saturated rings. The van der Waals surface area contributed by atoms with Gasteiger partial charge in [-0.05, 0) is 31.4 Å². The molecule has 0 unspecified atom stereocenters. The molecule has 0 atom stereocenters. The van der Waals surface area contributed by atoms with Gasteiger partial charge < -0.3 is 20.0 Å². The second-order valence-corrected chi connectivity index (χ2v) is 6.55. The molecule has 0 radical (unpaired) electrons. The molecule has 3 aromatic rings. The van der Waals surface area contributed by atoms with Crippen molar-refractivity contribution in [3.8, 4) is 11.3 Å². The maximum atomic E-state index is 11.0. The van der Waals surface area contributed by atoms with Gasteiger partial charge in [-0.25, -0.2) is 9.78 Å². The SMILES string of the molecule is CNC(=O)NCc1ncc(-c2ccccc2)o1.[HH].c1cnnc(N2CCCCC2)c1. The first-order valence-electron chi connectivity index (χ1n) is 9.74. The van der Waals surface area contributed by atoms with Crippen LogP contribution in [0.25, 0.3) is 11.3 Å². The molecule has 0 spiro atoms. The van der Waals surface area contributed by atoms with Crippen LogP contribution in [0.15, 0.2) is 59.3 Å². The minimum atomic E-state index is -0.260. The van der Waals surface area contributed by atoms with Crippen LogP contribution in [0.5, 0.6) is 0 Å². The van der Waals surface area contributed by atoms with E-state index < -0.39 is 0 Å². The maximum absolute atomic E-state index is 11.0. The van der Waals surface area contributed by atoms with Crippen molar-refractivity contribution in [2.24, 2.45) is 0 Å². The van der Waals surface area contributed by atoms with Gasteiger partial charge in [-0.1, -0.05) is 30.3 Å². The molecule has 2 amide bonds. The molecular formula is C21H28N6O2. The van der Waals surface area contributed by atoms with Crippen LogP contribution in [-0.4, -0.2) is 41.3 Å². The number of hydrogen-bond acceptors (Lipinski definition) is 6. The molecule has 1 aromatic carbocycles. The molecule has 0 aliphatic carbocycles. The van der Waals surface area contributed by atoms with E-state index in [4.69, 9.17) is 4.42 Å². The molecule has 3 heterocycles. The van der Waals surface area contributed by atoms with E-state index in [0.29, 0.717) is 11.7 Å². The highest BCUT2D eigenvalue weighted by molar-refractivity contribution is 5.73. The zero-order valence-corrected chi connectivity index (χ0v) is 16.5. The summed E-state index contributed by atoms with van der Waals surface area (Å²) in [7, 11) is 1.56. The molecule has 1 aliphatic rings. The summed E-state index contributed by atoms with van der Waals surface area (Å²) in [5.41, 5.74) is 0.964. The topological polar surface area (TPSA) is 96.2 Å². The van der Waals surface area contributed by atoms with E-state index in [2.05, 4.69) is 30.7 Å². The lowest BCUT2D eigenvalue weighted by atomic mass is 10.1. The highest BCUT2D eigenvalue weighted by Crippen LogP contribution is 2.19. The van der Waals surface area contributed by atoms with Gasteiger partial charge in [0.05, 0.1) is 12.7 Å². The summed E-state index contributed by atoms with van der Waals surface area (Å²) in [6.07, 6.45) is 7.30. The van der Waals surface area contributed by atoms with E-state index in [1.54, 1.807) is 19.4 Å². The van der Waals surface area contributed by atoms with E-state index in [1.807, 2.05) is 42.5 Å². The lowest BCUT2D eigenvalue weighted by Crippen LogP contribution is -2.32. The van der Waals surface area contributed by atoms with Crippen LogP contribution >= 0.6 is 0 Å². The highest BCUT2D eigenvalue weighted by atomic mass is 16.4. The Labute approximate surface area is 171 Å². The summed E-state index contributed by atoms with van der Waals surface area (Å²) in [4.78, 5) is 17.4. The van der Waals surface area contributed by atoms with Crippen molar-refractivity contribution in [2.75, 3.05) is 25.0 Å². The Bertz CT molecular complexity index is 869. The van der Waals surface area contributed by atoms with Crippen LogP contribution in [0.4, 0.5) is 10.6 Å². The number of aromatic nitrogens is 3. The smallest absolute Gasteiger partial charge is 0.314 e. The number of anilines is 1. The molecular weight excluding hydrogens is 368 g/mol. The normalized spacial score (nSPS) is 13.2. The number of oxazole rings is 1. The number of benzene rings is 1. The number of rotatable bonds is 4. The Balaban J connectivity index is 0.000000218. The molecule has 8 heteroatoms. The van der Waals surface area contributed by atoms with E-state index in [9.17, 15) is 4.79 Å². The van der Waals surface area contributed by atoms with Gasteiger partial charge in [-0.15, -0.1) is 5.10 Å². The average Bonchev–Trinajstić information content (AvgIpc) is 3.29. The van der Waals surface area contributed by atoms with Gasteiger partial charge in [-0.2, -0.15) is 5.10 Å². The van der Waals surface area contributed by atoms with Crippen molar-refractivity contribution in [2.45, 2.75) is 25.8 Å². The Morgan fingerprint density at radius 1 is 1.14 bits per heavy atom. The highest BCUT2D eigenvalue weighted by Gasteiger charge is 2.11. The number of amides is 2. The van der Waals surface area contributed by atoms with E-state index in [-0.39, 0.29) is 14.0 Å².